The van der Waals surface area contributed by atoms with Crippen molar-refractivity contribution >= 4 is 27.7 Å². The van der Waals surface area contributed by atoms with Crippen molar-refractivity contribution in [2.45, 2.75) is 25.9 Å². The fourth-order valence-corrected chi connectivity index (χ4v) is 2.10. The molecular formula is C14H19BrN2O3. The van der Waals surface area contributed by atoms with Crippen molar-refractivity contribution in [3.8, 4) is 0 Å². The van der Waals surface area contributed by atoms with Gasteiger partial charge in [-0.05, 0) is 34.5 Å². The Kier molecular flexibility index (Phi) is 7.25. The van der Waals surface area contributed by atoms with Crippen LogP contribution in [0.15, 0.2) is 28.7 Å². The molecule has 3 N–H and O–H groups in total. The summed E-state index contributed by atoms with van der Waals surface area (Å²) >= 11 is 3.28. The van der Waals surface area contributed by atoms with Gasteiger partial charge in [-0.3, -0.25) is 9.59 Å². The van der Waals surface area contributed by atoms with Gasteiger partial charge in [0.25, 0.3) is 5.91 Å². The molecule has 1 unspecified atom stereocenters. The number of hydrogen-bond donors (Lipinski definition) is 3. The maximum atomic E-state index is 11.8. The molecule has 0 aliphatic rings. The van der Waals surface area contributed by atoms with Crippen molar-refractivity contribution < 1.29 is 14.7 Å². The number of aliphatic hydroxyl groups is 1. The highest BCUT2D eigenvalue weighted by Crippen LogP contribution is 2.15. The third-order valence-electron chi connectivity index (χ3n) is 2.68. The Hall–Kier alpha value is -1.40. The summed E-state index contributed by atoms with van der Waals surface area (Å²) in [5.74, 6) is -0.637. The summed E-state index contributed by atoms with van der Waals surface area (Å²) in [4.78, 5) is 23.4. The molecule has 0 heterocycles. The average Bonchev–Trinajstić information content (AvgIpc) is 2.43. The third-order valence-corrected chi connectivity index (χ3v) is 3.38. The third kappa shape index (κ3) is 5.71. The number of carbonyl (C=O) groups is 2. The summed E-state index contributed by atoms with van der Waals surface area (Å²) in [6, 6.07) is 6.99. The molecule has 2 amide bonds. The first-order chi connectivity index (χ1) is 9.54. The molecule has 6 heteroatoms. The van der Waals surface area contributed by atoms with Gasteiger partial charge in [0.05, 0.1) is 18.2 Å². The van der Waals surface area contributed by atoms with Crippen LogP contribution in [-0.4, -0.2) is 36.1 Å². The van der Waals surface area contributed by atoms with Crippen LogP contribution in [0.4, 0.5) is 0 Å². The molecule has 110 valence electrons. The van der Waals surface area contributed by atoms with Gasteiger partial charge in [-0.15, -0.1) is 0 Å². The van der Waals surface area contributed by atoms with Crippen LogP contribution in [0.25, 0.3) is 0 Å². The molecule has 20 heavy (non-hydrogen) atoms. The van der Waals surface area contributed by atoms with Crippen LogP contribution >= 0.6 is 15.9 Å². The monoisotopic (exact) mass is 342 g/mol. The van der Waals surface area contributed by atoms with Crippen molar-refractivity contribution in [3.63, 3.8) is 0 Å². The maximum absolute atomic E-state index is 11.8. The Labute approximate surface area is 126 Å². The Morgan fingerprint density at radius 1 is 1.30 bits per heavy atom. The van der Waals surface area contributed by atoms with Crippen LogP contribution in [0.2, 0.25) is 0 Å². The lowest BCUT2D eigenvalue weighted by Gasteiger charge is -2.11. The minimum Gasteiger partial charge on any atom is -0.391 e. The SMILES string of the molecule is CCCC(O)CNC(=O)CNC(=O)c1ccccc1Br. The molecule has 0 bridgehead atoms. The number of halogens is 1. The lowest BCUT2D eigenvalue weighted by Crippen LogP contribution is -2.40. The molecule has 5 nitrogen and oxygen atoms in total. The van der Waals surface area contributed by atoms with E-state index in [1.807, 2.05) is 13.0 Å². The van der Waals surface area contributed by atoms with Gasteiger partial charge in [-0.2, -0.15) is 0 Å². The Morgan fingerprint density at radius 3 is 2.65 bits per heavy atom. The van der Waals surface area contributed by atoms with E-state index in [4.69, 9.17) is 0 Å². The number of benzene rings is 1. The molecule has 1 aromatic rings. The first kappa shape index (κ1) is 16.7. The van der Waals surface area contributed by atoms with Gasteiger partial charge in [0.2, 0.25) is 5.91 Å². The van der Waals surface area contributed by atoms with Gasteiger partial charge in [0.15, 0.2) is 0 Å². The minimum absolute atomic E-state index is 0.112. The number of aliphatic hydroxyl groups excluding tert-OH is 1. The number of rotatable bonds is 7. The fraction of sp³-hybridized carbons (Fsp3) is 0.429. The minimum atomic E-state index is -0.539. The molecule has 0 aromatic heterocycles. The average molecular weight is 343 g/mol. The standard InChI is InChI=1S/C14H19BrN2O3/c1-2-5-10(18)8-16-13(19)9-17-14(20)11-6-3-4-7-12(11)15/h3-4,6-7,10,18H,2,5,8-9H2,1H3,(H,16,19)(H,17,20). The van der Waals surface area contributed by atoms with Crippen LogP contribution in [0.5, 0.6) is 0 Å². The first-order valence-corrected chi connectivity index (χ1v) is 7.31. The van der Waals surface area contributed by atoms with Crippen LogP contribution < -0.4 is 10.6 Å². The summed E-state index contributed by atoms with van der Waals surface area (Å²) in [5.41, 5.74) is 0.478. The molecule has 0 aliphatic heterocycles. The first-order valence-electron chi connectivity index (χ1n) is 6.52. The van der Waals surface area contributed by atoms with E-state index in [0.717, 1.165) is 6.42 Å². The van der Waals surface area contributed by atoms with E-state index >= 15 is 0 Å². The zero-order valence-corrected chi connectivity index (χ0v) is 12.9. The summed E-state index contributed by atoms with van der Waals surface area (Å²) in [5, 5.41) is 14.6. The van der Waals surface area contributed by atoms with Crippen LogP contribution in [-0.2, 0) is 4.79 Å². The van der Waals surface area contributed by atoms with Crippen LogP contribution in [0, 0.1) is 0 Å². The topological polar surface area (TPSA) is 78.4 Å². The highest BCUT2D eigenvalue weighted by Gasteiger charge is 2.11. The maximum Gasteiger partial charge on any atom is 0.252 e. The van der Waals surface area contributed by atoms with Crippen molar-refractivity contribution in [2.24, 2.45) is 0 Å². The Morgan fingerprint density at radius 2 is 2.00 bits per heavy atom. The van der Waals surface area contributed by atoms with Crippen LogP contribution in [0.1, 0.15) is 30.1 Å². The summed E-state index contributed by atoms with van der Waals surface area (Å²) in [6.45, 7) is 2.06. The van der Waals surface area contributed by atoms with E-state index in [0.29, 0.717) is 16.5 Å². The molecule has 0 saturated heterocycles. The zero-order chi connectivity index (χ0) is 15.0. The van der Waals surface area contributed by atoms with Crippen molar-refractivity contribution in [2.75, 3.05) is 13.1 Å². The van der Waals surface area contributed by atoms with Crippen molar-refractivity contribution in [3.05, 3.63) is 34.3 Å². The van der Waals surface area contributed by atoms with Crippen molar-refractivity contribution in [1.82, 2.24) is 10.6 Å². The molecule has 0 spiro atoms. The lowest BCUT2D eigenvalue weighted by molar-refractivity contribution is -0.120. The molecule has 0 saturated carbocycles. The Balaban J connectivity index is 2.34. The summed E-state index contributed by atoms with van der Waals surface area (Å²) in [7, 11) is 0. The van der Waals surface area contributed by atoms with E-state index in [1.54, 1.807) is 18.2 Å². The van der Waals surface area contributed by atoms with E-state index in [-0.39, 0.29) is 24.9 Å². The van der Waals surface area contributed by atoms with Crippen LogP contribution in [0.3, 0.4) is 0 Å². The zero-order valence-electron chi connectivity index (χ0n) is 11.4. The van der Waals surface area contributed by atoms with Gasteiger partial charge in [0, 0.05) is 11.0 Å². The van der Waals surface area contributed by atoms with Gasteiger partial charge in [0.1, 0.15) is 0 Å². The number of amides is 2. The van der Waals surface area contributed by atoms with E-state index < -0.39 is 6.10 Å². The van der Waals surface area contributed by atoms with E-state index in [1.165, 1.54) is 0 Å². The molecule has 1 atom stereocenters. The fourth-order valence-electron chi connectivity index (χ4n) is 1.63. The molecular weight excluding hydrogens is 324 g/mol. The van der Waals surface area contributed by atoms with Crippen molar-refractivity contribution in [1.29, 1.82) is 0 Å². The summed E-state index contributed by atoms with van der Waals surface area (Å²) < 4.78 is 0.677. The largest absolute Gasteiger partial charge is 0.391 e. The Bertz CT molecular complexity index is 465. The number of carbonyl (C=O) groups excluding carboxylic acids is 2. The van der Waals surface area contributed by atoms with Gasteiger partial charge in [-0.1, -0.05) is 25.5 Å². The van der Waals surface area contributed by atoms with E-state index in [2.05, 4.69) is 26.6 Å². The lowest BCUT2D eigenvalue weighted by atomic mass is 10.2. The van der Waals surface area contributed by atoms with E-state index in [9.17, 15) is 14.7 Å². The normalized spacial score (nSPS) is 11.8. The number of hydrogen-bond acceptors (Lipinski definition) is 3. The molecule has 1 aromatic carbocycles. The predicted molar refractivity (Wildman–Crippen MR) is 80.4 cm³/mol. The van der Waals surface area contributed by atoms with Gasteiger partial charge in [-0.25, -0.2) is 0 Å². The smallest absolute Gasteiger partial charge is 0.252 e. The van der Waals surface area contributed by atoms with Gasteiger partial charge >= 0.3 is 0 Å². The highest BCUT2D eigenvalue weighted by molar-refractivity contribution is 9.10. The quantitative estimate of drug-likeness (QED) is 0.701. The second kappa shape index (κ2) is 8.71. The molecule has 0 fully saturated rings. The predicted octanol–water partition coefficient (Wildman–Crippen LogP) is 1.46. The van der Waals surface area contributed by atoms with Gasteiger partial charge < -0.3 is 15.7 Å². The molecule has 0 radical (unpaired) electrons. The molecule has 1 rings (SSSR count). The second-order valence-electron chi connectivity index (χ2n) is 4.41. The number of nitrogens with one attached hydrogen (secondary N) is 2. The molecule has 0 aliphatic carbocycles. The second-order valence-corrected chi connectivity index (χ2v) is 5.26. The highest BCUT2D eigenvalue weighted by atomic mass is 79.9. The summed E-state index contributed by atoms with van der Waals surface area (Å²) in [6.07, 6.45) is 0.960.